The summed E-state index contributed by atoms with van der Waals surface area (Å²) in [6.45, 7) is 0. The van der Waals surface area contributed by atoms with Crippen LogP contribution >= 0.6 is 12.4 Å². The average Bonchev–Trinajstić information content (AvgIpc) is 3.33. The Morgan fingerprint density at radius 3 is 2.23 bits per heavy atom. The molecule has 1 unspecified atom stereocenters. The highest BCUT2D eigenvalue weighted by Crippen LogP contribution is 2.28. The van der Waals surface area contributed by atoms with Crippen molar-refractivity contribution in [1.29, 1.82) is 0 Å². The van der Waals surface area contributed by atoms with E-state index in [0.29, 0.717) is 11.7 Å². The van der Waals surface area contributed by atoms with Gasteiger partial charge < -0.3 is 4.74 Å². The summed E-state index contributed by atoms with van der Waals surface area (Å²) >= 11 is 0. The predicted molar refractivity (Wildman–Crippen MR) is 118 cm³/mol. The van der Waals surface area contributed by atoms with Gasteiger partial charge in [0.25, 0.3) is 0 Å². The molecule has 148 valence electrons. The van der Waals surface area contributed by atoms with Crippen LogP contribution in [0, 0.1) is 0 Å². The molecule has 5 aromatic rings. The van der Waals surface area contributed by atoms with Gasteiger partial charge in [-0.25, -0.2) is 10.1 Å². The van der Waals surface area contributed by atoms with Crippen LogP contribution in [0.3, 0.4) is 0 Å². The Bertz CT molecular complexity index is 1230. The standard InChI is InChI=1S/C23H17N5O.ClH/c1-2-6-16(7-3-1)17-10-12-19(13-11-17)22(23-25-27-28-26-23)29-21-15-14-18-8-4-5-9-20(18)24-21;/h1-15,22H,(H,25,26,27,28);1H. The number of halogens is 1. The largest absolute Gasteiger partial charge is 0.461 e. The number of benzene rings is 3. The van der Waals surface area contributed by atoms with Crippen LogP contribution in [0.4, 0.5) is 0 Å². The number of fused-ring (bicyclic) bond motifs is 1. The number of nitrogens with one attached hydrogen (secondary N) is 1. The fourth-order valence-corrected chi connectivity index (χ4v) is 3.27. The lowest BCUT2D eigenvalue weighted by Crippen LogP contribution is -2.12. The van der Waals surface area contributed by atoms with Crippen molar-refractivity contribution >= 4 is 23.3 Å². The SMILES string of the molecule is Cl.c1ccc(-c2ccc(C(Oc3ccc4ccccc4n3)c3nnn[nH]3)cc2)cc1. The number of tetrazole rings is 1. The molecule has 30 heavy (non-hydrogen) atoms. The maximum atomic E-state index is 6.21. The minimum absolute atomic E-state index is 0. The molecule has 0 radical (unpaired) electrons. The maximum absolute atomic E-state index is 6.21. The maximum Gasteiger partial charge on any atom is 0.214 e. The van der Waals surface area contributed by atoms with E-state index in [4.69, 9.17) is 4.74 Å². The molecule has 1 N–H and O–H groups in total. The highest BCUT2D eigenvalue weighted by Gasteiger charge is 2.21. The number of pyridine rings is 1. The van der Waals surface area contributed by atoms with E-state index in [-0.39, 0.29) is 12.4 Å². The second kappa shape index (κ2) is 8.71. The van der Waals surface area contributed by atoms with Gasteiger partial charge in [0, 0.05) is 17.0 Å². The number of rotatable bonds is 5. The molecule has 6 nitrogen and oxygen atoms in total. The molecule has 0 saturated heterocycles. The number of aromatic nitrogens is 5. The molecule has 0 fully saturated rings. The summed E-state index contributed by atoms with van der Waals surface area (Å²) in [5, 5.41) is 15.3. The Balaban J connectivity index is 0.00000218. The van der Waals surface area contributed by atoms with E-state index in [0.717, 1.165) is 27.6 Å². The van der Waals surface area contributed by atoms with Crippen molar-refractivity contribution in [2.24, 2.45) is 0 Å². The molecule has 0 spiro atoms. The summed E-state index contributed by atoms with van der Waals surface area (Å²) in [6, 6.07) is 30.2. The predicted octanol–water partition coefficient (Wildman–Crippen LogP) is 5.01. The number of hydrogen-bond acceptors (Lipinski definition) is 5. The molecule has 3 aromatic carbocycles. The topological polar surface area (TPSA) is 76.6 Å². The van der Waals surface area contributed by atoms with E-state index in [1.54, 1.807) is 0 Å². The van der Waals surface area contributed by atoms with Gasteiger partial charge in [0.05, 0.1) is 5.52 Å². The van der Waals surface area contributed by atoms with Crippen molar-refractivity contribution in [3.63, 3.8) is 0 Å². The van der Waals surface area contributed by atoms with Crippen LogP contribution in [-0.2, 0) is 0 Å². The summed E-state index contributed by atoms with van der Waals surface area (Å²) in [5.41, 5.74) is 4.10. The molecule has 2 aromatic heterocycles. The van der Waals surface area contributed by atoms with Gasteiger partial charge in [-0.2, -0.15) is 0 Å². The Morgan fingerprint density at radius 1 is 0.733 bits per heavy atom. The number of aromatic amines is 1. The summed E-state index contributed by atoms with van der Waals surface area (Å²) in [4.78, 5) is 4.61. The summed E-state index contributed by atoms with van der Waals surface area (Å²) in [6.07, 6.45) is -0.497. The van der Waals surface area contributed by atoms with Gasteiger partial charge >= 0.3 is 0 Å². The van der Waals surface area contributed by atoms with Crippen molar-refractivity contribution in [2.75, 3.05) is 0 Å². The van der Waals surface area contributed by atoms with E-state index in [9.17, 15) is 0 Å². The lowest BCUT2D eigenvalue weighted by Gasteiger charge is -2.17. The fraction of sp³-hybridized carbons (Fsp3) is 0.0435. The highest BCUT2D eigenvalue weighted by atomic mass is 35.5. The zero-order valence-electron chi connectivity index (χ0n) is 15.8. The molecular weight excluding hydrogens is 398 g/mol. The van der Waals surface area contributed by atoms with Gasteiger partial charge in [0.15, 0.2) is 11.9 Å². The van der Waals surface area contributed by atoms with Gasteiger partial charge in [-0.05, 0) is 33.7 Å². The second-order valence-electron chi connectivity index (χ2n) is 6.61. The zero-order chi connectivity index (χ0) is 19.5. The summed E-state index contributed by atoms with van der Waals surface area (Å²) in [7, 11) is 0. The van der Waals surface area contributed by atoms with Crippen molar-refractivity contribution in [1.82, 2.24) is 25.6 Å². The molecule has 0 aliphatic carbocycles. The number of ether oxygens (including phenoxy) is 1. The Kier molecular flexibility index (Phi) is 5.68. The molecule has 0 aliphatic rings. The lowest BCUT2D eigenvalue weighted by molar-refractivity contribution is 0.228. The van der Waals surface area contributed by atoms with Gasteiger partial charge in [-0.15, -0.1) is 17.5 Å². The van der Waals surface area contributed by atoms with Crippen LogP contribution in [0.25, 0.3) is 22.0 Å². The number of para-hydroxylation sites is 1. The Hall–Kier alpha value is -3.77. The van der Waals surface area contributed by atoms with Gasteiger partial charge in [-0.1, -0.05) is 72.8 Å². The third-order valence-electron chi connectivity index (χ3n) is 4.74. The Morgan fingerprint density at radius 2 is 1.47 bits per heavy atom. The molecule has 0 aliphatic heterocycles. The van der Waals surface area contributed by atoms with Crippen LogP contribution < -0.4 is 4.74 Å². The van der Waals surface area contributed by atoms with E-state index >= 15 is 0 Å². The van der Waals surface area contributed by atoms with Gasteiger partial charge in [-0.3, -0.25) is 0 Å². The molecule has 0 amide bonds. The van der Waals surface area contributed by atoms with E-state index < -0.39 is 6.10 Å². The number of nitrogens with zero attached hydrogens (tertiary/aromatic N) is 4. The highest BCUT2D eigenvalue weighted by molar-refractivity contribution is 5.85. The van der Waals surface area contributed by atoms with Crippen molar-refractivity contribution < 1.29 is 4.74 Å². The van der Waals surface area contributed by atoms with Gasteiger partial charge in [0.2, 0.25) is 5.88 Å². The van der Waals surface area contributed by atoms with Crippen LogP contribution in [-0.4, -0.2) is 25.6 Å². The first-order valence-electron chi connectivity index (χ1n) is 9.28. The first-order chi connectivity index (χ1) is 14.4. The van der Waals surface area contributed by atoms with Crippen molar-refractivity contribution in [2.45, 2.75) is 6.10 Å². The first kappa shape index (κ1) is 19.5. The van der Waals surface area contributed by atoms with Crippen LogP contribution in [0.2, 0.25) is 0 Å². The quantitative estimate of drug-likeness (QED) is 0.437. The van der Waals surface area contributed by atoms with Crippen molar-refractivity contribution in [3.8, 4) is 17.0 Å². The third-order valence-corrected chi connectivity index (χ3v) is 4.74. The zero-order valence-corrected chi connectivity index (χ0v) is 16.7. The summed E-state index contributed by atoms with van der Waals surface area (Å²) in [5.74, 6) is 1.03. The van der Waals surface area contributed by atoms with E-state index in [2.05, 4.69) is 49.9 Å². The minimum atomic E-state index is -0.497. The molecule has 2 heterocycles. The molecule has 0 bridgehead atoms. The Labute approximate surface area is 179 Å². The summed E-state index contributed by atoms with van der Waals surface area (Å²) < 4.78 is 6.21. The minimum Gasteiger partial charge on any atom is -0.461 e. The molecule has 1 atom stereocenters. The molecule has 0 saturated carbocycles. The van der Waals surface area contributed by atoms with Crippen LogP contribution in [0.5, 0.6) is 5.88 Å². The molecule has 5 rings (SSSR count). The average molecular weight is 416 g/mol. The van der Waals surface area contributed by atoms with Crippen molar-refractivity contribution in [3.05, 3.63) is 102 Å². The van der Waals surface area contributed by atoms with E-state index in [1.807, 2.05) is 66.7 Å². The molecular formula is C23H18ClN5O. The number of hydrogen-bond donors (Lipinski definition) is 1. The molecule has 7 heteroatoms. The number of H-pyrrole nitrogens is 1. The third kappa shape index (κ3) is 3.99. The van der Waals surface area contributed by atoms with Crippen LogP contribution in [0.1, 0.15) is 17.5 Å². The monoisotopic (exact) mass is 415 g/mol. The smallest absolute Gasteiger partial charge is 0.214 e. The normalized spacial score (nSPS) is 11.6. The van der Waals surface area contributed by atoms with Gasteiger partial charge in [0.1, 0.15) is 0 Å². The van der Waals surface area contributed by atoms with Crippen LogP contribution in [0.15, 0.2) is 91.0 Å². The second-order valence-corrected chi connectivity index (χ2v) is 6.61. The van der Waals surface area contributed by atoms with E-state index in [1.165, 1.54) is 0 Å². The first-order valence-corrected chi connectivity index (χ1v) is 9.28. The fourth-order valence-electron chi connectivity index (χ4n) is 3.27. The lowest BCUT2D eigenvalue weighted by atomic mass is 10.0.